The summed E-state index contributed by atoms with van der Waals surface area (Å²) in [6.07, 6.45) is -2.94. The summed E-state index contributed by atoms with van der Waals surface area (Å²) in [5.74, 6) is -3.89. The smallest absolute Gasteiger partial charge is 0.393 e. The van der Waals surface area contributed by atoms with E-state index in [-0.39, 0.29) is 56.1 Å². The number of anilines is 1. The number of esters is 1. The van der Waals surface area contributed by atoms with E-state index in [1.54, 1.807) is 30.3 Å². The second-order valence-corrected chi connectivity index (χ2v) is 15.8. The quantitative estimate of drug-likeness (QED) is 0.307. The average Bonchev–Trinajstić information content (AvgIpc) is 3.86. The molecule has 0 aliphatic carbocycles. The number of nitrogens with zero attached hydrogens (tertiary/aromatic N) is 3. The zero-order valence-electron chi connectivity index (χ0n) is 33.0. The van der Waals surface area contributed by atoms with E-state index in [2.05, 4.69) is 21.3 Å². The Kier molecular flexibility index (Phi) is 13.5. The standard InChI is InChI=1S/C41H50F3N7O8/c1-24-19-33-39(57)59-23-30(37(55)50-18-8-12-32(50)38(56)49-17-7-6-11-31(49)35(53)45-25(2)36(54)51(33)22-24)47-34(52)29(20-26-9-4-3-5-10-26)48-40(58)46-28-15-13-27(14-16-28)21-41(42,43)44/h3-5,9-10,13-16,24-25,29-33H,6-8,11-12,17-23H2,1-2H3,(H,45,53)(H,47,52)(H2,46,48,58)/t24-,25+,29+,30+,31+,32+,33+/m1/s1. The van der Waals surface area contributed by atoms with E-state index < -0.39 is 97.0 Å². The van der Waals surface area contributed by atoms with Crippen LogP contribution in [0.2, 0.25) is 0 Å². The van der Waals surface area contributed by atoms with E-state index in [1.165, 1.54) is 45.9 Å². The Morgan fingerprint density at radius 2 is 1.49 bits per heavy atom. The number of rotatable bonds is 7. The number of fused-ring (bicyclic) bond motifs is 3. The molecule has 0 bridgehead atoms. The molecule has 4 N–H and O–H groups in total. The fourth-order valence-corrected chi connectivity index (χ4v) is 8.31. The Bertz CT molecular complexity index is 1900. The van der Waals surface area contributed by atoms with Crippen molar-refractivity contribution in [3.05, 3.63) is 65.7 Å². The van der Waals surface area contributed by atoms with Crippen molar-refractivity contribution in [2.75, 3.05) is 31.6 Å². The summed E-state index contributed by atoms with van der Waals surface area (Å²) in [5, 5.41) is 10.5. The van der Waals surface area contributed by atoms with Crippen LogP contribution in [0.25, 0.3) is 0 Å². The molecule has 15 nitrogen and oxygen atoms in total. The average molecular weight is 826 g/mol. The minimum Gasteiger partial charge on any atom is -0.461 e. The summed E-state index contributed by atoms with van der Waals surface area (Å²) in [5.41, 5.74) is 0.789. The van der Waals surface area contributed by atoms with Gasteiger partial charge in [0.1, 0.15) is 42.9 Å². The lowest BCUT2D eigenvalue weighted by molar-refractivity contribution is -0.158. The maximum absolute atomic E-state index is 14.5. The van der Waals surface area contributed by atoms with E-state index in [9.17, 15) is 46.7 Å². The van der Waals surface area contributed by atoms with Crippen LogP contribution in [0.3, 0.4) is 0 Å². The van der Waals surface area contributed by atoms with Gasteiger partial charge < -0.3 is 40.7 Å². The van der Waals surface area contributed by atoms with Crippen molar-refractivity contribution >= 4 is 47.2 Å². The van der Waals surface area contributed by atoms with Crippen LogP contribution in [-0.4, -0.2) is 125 Å². The first-order valence-electron chi connectivity index (χ1n) is 20.0. The maximum Gasteiger partial charge on any atom is 0.393 e. The van der Waals surface area contributed by atoms with Gasteiger partial charge in [-0.05, 0) is 74.6 Å². The number of hydrogen-bond donors (Lipinski definition) is 4. The van der Waals surface area contributed by atoms with Crippen LogP contribution in [0.15, 0.2) is 54.6 Å². The van der Waals surface area contributed by atoms with Gasteiger partial charge in [0.2, 0.25) is 29.5 Å². The topological polar surface area (TPSA) is 187 Å². The van der Waals surface area contributed by atoms with Crippen molar-refractivity contribution in [3.63, 3.8) is 0 Å². The molecule has 6 rings (SSSR count). The molecular formula is C41H50F3N7O8. The number of amides is 7. The van der Waals surface area contributed by atoms with Crippen molar-refractivity contribution in [2.45, 2.75) is 108 Å². The van der Waals surface area contributed by atoms with Gasteiger partial charge >= 0.3 is 18.2 Å². The first-order chi connectivity index (χ1) is 28.1. The Hall–Kier alpha value is -5.68. The highest BCUT2D eigenvalue weighted by atomic mass is 19.4. The normalized spacial score (nSPS) is 26.3. The summed E-state index contributed by atoms with van der Waals surface area (Å²) in [4.78, 5) is 101. The summed E-state index contributed by atoms with van der Waals surface area (Å²) in [7, 11) is 0. The van der Waals surface area contributed by atoms with Gasteiger partial charge in [-0.1, -0.05) is 49.4 Å². The van der Waals surface area contributed by atoms with Gasteiger partial charge in [-0.25, -0.2) is 9.59 Å². The van der Waals surface area contributed by atoms with Crippen LogP contribution in [0.5, 0.6) is 0 Å². The molecule has 0 radical (unpaired) electrons. The fourth-order valence-electron chi connectivity index (χ4n) is 8.31. The zero-order chi connectivity index (χ0) is 42.4. The molecule has 59 heavy (non-hydrogen) atoms. The first kappa shape index (κ1) is 42.9. The monoisotopic (exact) mass is 825 g/mol. The number of alkyl halides is 3. The molecule has 7 amide bonds. The lowest BCUT2D eigenvalue weighted by Gasteiger charge is -2.39. The molecule has 2 aromatic carbocycles. The molecule has 4 aliphatic heterocycles. The van der Waals surface area contributed by atoms with Crippen LogP contribution in [-0.2, 0) is 46.3 Å². The van der Waals surface area contributed by atoms with Gasteiger partial charge in [0.05, 0.1) is 6.42 Å². The Labute approximate surface area is 339 Å². The molecule has 318 valence electrons. The first-order valence-corrected chi connectivity index (χ1v) is 20.0. The van der Waals surface area contributed by atoms with Crippen molar-refractivity contribution in [1.29, 1.82) is 0 Å². The number of benzene rings is 2. The van der Waals surface area contributed by atoms with E-state index in [0.717, 1.165) is 0 Å². The Morgan fingerprint density at radius 3 is 2.20 bits per heavy atom. The van der Waals surface area contributed by atoms with Crippen molar-refractivity contribution in [3.8, 4) is 0 Å². The van der Waals surface area contributed by atoms with Crippen molar-refractivity contribution in [2.24, 2.45) is 5.92 Å². The molecule has 0 spiro atoms. The van der Waals surface area contributed by atoms with E-state index in [1.807, 2.05) is 6.92 Å². The second kappa shape index (κ2) is 18.5. The largest absolute Gasteiger partial charge is 0.461 e. The summed E-state index contributed by atoms with van der Waals surface area (Å²) < 4.78 is 44.3. The van der Waals surface area contributed by atoms with E-state index in [0.29, 0.717) is 31.2 Å². The molecule has 2 aromatic rings. The number of ether oxygens (including phenoxy) is 1. The minimum absolute atomic E-state index is 0.0103. The molecule has 0 saturated carbocycles. The highest BCUT2D eigenvalue weighted by Gasteiger charge is 2.46. The third-order valence-corrected chi connectivity index (χ3v) is 11.2. The predicted octanol–water partition coefficient (Wildman–Crippen LogP) is 2.68. The maximum atomic E-state index is 14.5. The third-order valence-electron chi connectivity index (χ3n) is 11.2. The molecule has 0 aromatic heterocycles. The number of piperidine rings is 1. The summed E-state index contributed by atoms with van der Waals surface area (Å²) >= 11 is 0. The summed E-state index contributed by atoms with van der Waals surface area (Å²) in [6, 6.07) is 6.12. The van der Waals surface area contributed by atoms with Crippen molar-refractivity contribution < 1.29 is 51.5 Å². The Morgan fingerprint density at radius 1 is 0.814 bits per heavy atom. The summed E-state index contributed by atoms with van der Waals surface area (Å²) in [6.45, 7) is 3.38. The van der Waals surface area contributed by atoms with Gasteiger partial charge in [-0.3, -0.25) is 24.0 Å². The van der Waals surface area contributed by atoms with Gasteiger partial charge in [-0.2, -0.15) is 13.2 Å². The number of carbonyl (C=O) groups is 7. The van der Waals surface area contributed by atoms with Crippen LogP contribution in [0.1, 0.15) is 63.5 Å². The molecular weight excluding hydrogens is 775 g/mol. The van der Waals surface area contributed by atoms with Gasteiger partial charge in [0.25, 0.3) is 0 Å². The van der Waals surface area contributed by atoms with E-state index >= 15 is 0 Å². The number of hydrogen-bond acceptors (Lipinski definition) is 8. The SMILES string of the molecule is C[C@@H]1C[C@H]2C(=O)OC[C@H](NC(=O)[C@H](Cc3ccccc3)NC(=O)Nc3ccc(CC(F)(F)F)cc3)C(=O)N3CCC[C@H]3C(=O)N3CCCC[C@H]3C(=O)N[C@@H](C)C(=O)N2C1. The number of nitrogens with one attached hydrogen (secondary N) is 4. The van der Waals surface area contributed by atoms with Gasteiger partial charge in [0, 0.05) is 31.7 Å². The van der Waals surface area contributed by atoms with Crippen molar-refractivity contribution in [1.82, 2.24) is 30.7 Å². The predicted molar refractivity (Wildman–Crippen MR) is 206 cm³/mol. The Balaban J connectivity index is 1.27. The number of carbonyl (C=O) groups excluding carboxylic acids is 7. The lowest BCUT2D eigenvalue weighted by atomic mass is 9.99. The number of urea groups is 1. The fraction of sp³-hybridized carbons (Fsp3) is 0.537. The number of cyclic esters (lactones) is 1. The zero-order valence-corrected chi connectivity index (χ0v) is 33.0. The minimum atomic E-state index is -4.41. The third kappa shape index (κ3) is 10.7. The molecule has 4 saturated heterocycles. The van der Waals surface area contributed by atoms with Crippen LogP contribution in [0.4, 0.5) is 23.7 Å². The van der Waals surface area contributed by atoms with E-state index in [4.69, 9.17) is 4.74 Å². The molecule has 0 unspecified atom stereocenters. The van der Waals surface area contributed by atoms with Crippen LogP contribution >= 0.6 is 0 Å². The van der Waals surface area contributed by atoms with Crippen LogP contribution in [0, 0.1) is 5.92 Å². The second-order valence-electron chi connectivity index (χ2n) is 15.8. The van der Waals surface area contributed by atoms with Gasteiger partial charge in [-0.15, -0.1) is 0 Å². The molecule has 18 heteroatoms. The lowest BCUT2D eigenvalue weighted by Crippen LogP contribution is -2.62. The molecule has 4 aliphatic rings. The molecule has 4 fully saturated rings. The highest BCUT2D eigenvalue weighted by molar-refractivity contribution is 5.98. The molecule has 7 atom stereocenters. The van der Waals surface area contributed by atoms with Crippen LogP contribution < -0.4 is 21.3 Å². The van der Waals surface area contributed by atoms with Gasteiger partial charge in [0.15, 0.2) is 0 Å². The number of halogens is 3. The molecule has 4 heterocycles. The highest BCUT2D eigenvalue weighted by Crippen LogP contribution is 2.28.